The molecule has 0 bridgehead atoms. The van der Waals surface area contributed by atoms with Crippen LogP contribution < -0.4 is 0 Å². The average molecular weight is 881 g/mol. The Bertz CT molecular complexity index is 3900. The molecule has 3 aromatic heterocycles. The minimum Gasteiger partial charge on any atom is -0.456 e. The van der Waals surface area contributed by atoms with Crippen LogP contribution in [0.2, 0.25) is 0 Å². The molecule has 13 rings (SSSR count). The molecule has 5 nitrogen and oxygen atoms in total. The quantitative estimate of drug-likeness (QED) is 0.142. The largest absolute Gasteiger partial charge is 0.456 e. The maximum absolute atomic E-state index is 6.60. The number of hydrogen-bond acceptors (Lipinski definition) is 5. The third-order valence-electron chi connectivity index (χ3n) is 13.2. The summed E-state index contributed by atoms with van der Waals surface area (Å²) in [5.41, 5.74) is 16.4. The number of benzene rings is 10. The molecule has 13 aromatic rings. The number of fused-ring (bicyclic) bond motifs is 6. The predicted octanol–water partition coefficient (Wildman–Crippen LogP) is 16.8. The van der Waals surface area contributed by atoms with Crippen molar-refractivity contribution in [2.24, 2.45) is 0 Å². The van der Waals surface area contributed by atoms with Gasteiger partial charge in [0.05, 0.1) is 11.2 Å². The lowest BCUT2D eigenvalue weighted by atomic mass is 9.89. The first-order valence-electron chi connectivity index (χ1n) is 23.2. The summed E-state index contributed by atoms with van der Waals surface area (Å²) in [6.07, 6.45) is 0. The molecular formula is C64H40N4O. The summed E-state index contributed by atoms with van der Waals surface area (Å²) in [6.45, 7) is 0. The number of para-hydroxylation sites is 2. The number of nitrogens with zero attached hydrogens (tertiary/aromatic N) is 4. The number of rotatable bonds is 8. The third kappa shape index (κ3) is 7.30. The van der Waals surface area contributed by atoms with Gasteiger partial charge in [0.2, 0.25) is 0 Å². The van der Waals surface area contributed by atoms with Crippen molar-refractivity contribution in [1.29, 1.82) is 0 Å². The van der Waals surface area contributed by atoms with E-state index in [2.05, 4.69) is 218 Å². The lowest BCUT2D eigenvalue weighted by Gasteiger charge is -2.16. The molecule has 0 aliphatic carbocycles. The number of aromatic nitrogens is 4. The highest BCUT2D eigenvalue weighted by atomic mass is 16.3. The average Bonchev–Trinajstić information content (AvgIpc) is 3.81. The molecule has 0 saturated heterocycles. The molecule has 0 aliphatic heterocycles. The van der Waals surface area contributed by atoms with E-state index < -0.39 is 0 Å². The van der Waals surface area contributed by atoms with Crippen molar-refractivity contribution in [2.45, 2.75) is 0 Å². The number of pyridine rings is 1. The van der Waals surface area contributed by atoms with E-state index >= 15 is 0 Å². The summed E-state index contributed by atoms with van der Waals surface area (Å²) in [4.78, 5) is 20.6. The standard InChI is InChI=1S/C64H40N4O/c1-4-14-41(15-5-1)43-26-34-49(35-27-43)62-66-63(50-36-28-44(29-37-50)42-16-6-2-7-17-42)68-64(67-62)51-38-30-46(31-39-51)45-24-32-48(33-25-45)61-54-40-57-60(53-21-11-13-23-56(53)69-57)58(47-18-8-3-9-19-47)59(54)52-20-10-12-22-55(52)65-61/h1-40H. The van der Waals surface area contributed by atoms with E-state index in [0.717, 1.165) is 111 Å². The van der Waals surface area contributed by atoms with Gasteiger partial charge in [-0.1, -0.05) is 224 Å². The topological polar surface area (TPSA) is 64.7 Å². The molecule has 0 fully saturated rings. The van der Waals surface area contributed by atoms with Gasteiger partial charge in [-0.25, -0.2) is 19.9 Å². The van der Waals surface area contributed by atoms with Crippen molar-refractivity contribution >= 4 is 43.6 Å². The maximum atomic E-state index is 6.60. The molecule has 0 aliphatic rings. The lowest BCUT2D eigenvalue weighted by Crippen LogP contribution is -2.00. The first kappa shape index (κ1) is 40.0. The second-order valence-electron chi connectivity index (χ2n) is 17.3. The SMILES string of the molecule is c1ccc(-c2ccc(-c3nc(-c4ccc(-c5ccccc5)cc4)nc(-c4ccc(-c5ccc(-c6nc7ccccc7c7c(-c8ccccc8)c8c(cc67)oc6ccccc68)cc5)cc4)n3)cc2)cc1. The Morgan fingerprint density at radius 2 is 0.623 bits per heavy atom. The van der Waals surface area contributed by atoms with E-state index in [0.29, 0.717) is 17.5 Å². The fraction of sp³-hybridized carbons (Fsp3) is 0. The Morgan fingerprint density at radius 1 is 0.246 bits per heavy atom. The van der Waals surface area contributed by atoms with Gasteiger partial charge in [-0.3, -0.25) is 0 Å². The molecule has 0 unspecified atom stereocenters. The highest BCUT2D eigenvalue weighted by Gasteiger charge is 2.22. The summed E-state index contributed by atoms with van der Waals surface area (Å²) in [5, 5.41) is 5.54. The van der Waals surface area contributed by atoms with Crippen molar-refractivity contribution < 1.29 is 4.42 Å². The van der Waals surface area contributed by atoms with Crippen LogP contribution in [-0.4, -0.2) is 19.9 Å². The first-order chi connectivity index (χ1) is 34.2. The van der Waals surface area contributed by atoms with Gasteiger partial charge in [0.15, 0.2) is 17.5 Å². The fourth-order valence-corrected chi connectivity index (χ4v) is 9.71. The lowest BCUT2D eigenvalue weighted by molar-refractivity contribution is 0.669. The predicted molar refractivity (Wildman–Crippen MR) is 283 cm³/mol. The van der Waals surface area contributed by atoms with Crippen molar-refractivity contribution in [3.8, 4) is 89.9 Å². The summed E-state index contributed by atoms with van der Waals surface area (Å²) < 4.78 is 6.60. The zero-order valence-electron chi connectivity index (χ0n) is 37.3. The van der Waals surface area contributed by atoms with E-state index in [-0.39, 0.29) is 0 Å². The number of furan rings is 1. The van der Waals surface area contributed by atoms with Gasteiger partial charge in [-0.05, 0) is 57.1 Å². The van der Waals surface area contributed by atoms with Crippen LogP contribution in [0.5, 0.6) is 0 Å². The summed E-state index contributed by atoms with van der Waals surface area (Å²) in [5.74, 6) is 1.85. The Kier molecular flexibility index (Phi) is 9.76. The van der Waals surface area contributed by atoms with Crippen molar-refractivity contribution in [2.75, 3.05) is 0 Å². The zero-order valence-corrected chi connectivity index (χ0v) is 37.3. The monoisotopic (exact) mass is 880 g/mol. The van der Waals surface area contributed by atoms with Crippen LogP contribution in [0.15, 0.2) is 247 Å². The van der Waals surface area contributed by atoms with Gasteiger partial charge in [0, 0.05) is 54.7 Å². The van der Waals surface area contributed by atoms with Gasteiger partial charge in [0.1, 0.15) is 11.2 Å². The summed E-state index contributed by atoms with van der Waals surface area (Å²) in [6, 6.07) is 84.5. The molecule has 0 radical (unpaired) electrons. The van der Waals surface area contributed by atoms with E-state index in [1.807, 2.05) is 24.3 Å². The van der Waals surface area contributed by atoms with Crippen LogP contribution in [-0.2, 0) is 0 Å². The molecule has 10 aromatic carbocycles. The zero-order chi connectivity index (χ0) is 45.7. The fourth-order valence-electron chi connectivity index (χ4n) is 9.71. The molecule has 0 saturated carbocycles. The van der Waals surface area contributed by atoms with Crippen molar-refractivity contribution in [1.82, 2.24) is 19.9 Å². The highest BCUT2D eigenvalue weighted by molar-refractivity contribution is 6.27. The maximum Gasteiger partial charge on any atom is 0.164 e. The summed E-state index contributed by atoms with van der Waals surface area (Å²) >= 11 is 0. The second-order valence-corrected chi connectivity index (χ2v) is 17.3. The Labute approximate surface area is 398 Å². The molecule has 3 heterocycles. The third-order valence-corrected chi connectivity index (χ3v) is 13.2. The van der Waals surface area contributed by atoms with E-state index in [1.54, 1.807) is 0 Å². The minimum absolute atomic E-state index is 0.610. The van der Waals surface area contributed by atoms with Crippen LogP contribution in [0.4, 0.5) is 0 Å². The molecule has 0 N–H and O–H groups in total. The van der Waals surface area contributed by atoms with Crippen LogP contribution >= 0.6 is 0 Å². The van der Waals surface area contributed by atoms with Gasteiger partial charge >= 0.3 is 0 Å². The normalized spacial score (nSPS) is 11.5. The van der Waals surface area contributed by atoms with E-state index in [4.69, 9.17) is 24.4 Å². The van der Waals surface area contributed by atoms with E-state index in [9.17, 15) is 0 Å². The van der Waals surface area contributed by atoms with Crippen LogP contribution in [0.1, 0.15) is 0 Å². The van der Waals surface area contributed by atoms with E-state index in [1.165, 1.54) is 5.39 Å². The van der Waals surface area contributed by atoms with Crippen LogP contribution in [0.25, 0.3) is 134 Å². The Hall–Kier alpha value is -9.32. The molecule has 69 heavy (non-hydrogen) atoms. The van der Waals surface area contributed by atoms with Gasteiger partial charge in [0.25, 0.3) is 0 Å². The summed E-state index contributed by atoms with van der Waals surface area (Å²) in [7, 11) is 0. The van der Waals surface area contributed by atoms with Crippen molar-refractivity contribution in [3.05, 3.63) is 243 Å². The van der Waals surface area contributed by atoms with Gasteiger partial charge in [-0.2, -0.15) is 0 Å². The first-order valence-corrected chi connectivity index (χ1v) is 23.2. The van der Waals surface area contributed by atoms with Crippen LogP contribution in [0.3, 0.4) is 0 Å². The molecular weight excluding hydrogens is 841 g/mol. The van der Waals surface area contributed by atoms with Crippen LogP contribution in [0, 0.1) is 0 Å². The molecule has 0 spiro atoms. The molecule has 0 amide bonds. The Balaban J connectivity index is 0.875. The minimum atomic E-state index is 0.610. The second kappa shape index (κ2) is 16.8. The Morgan fingerprint density at radius 3 is 1.12 bits per heavy atom. The van der Waals surface area contributed by atoms with Gasteiger partial charge < -0.3 is 4.42 Å². The van der Waals surface area contributed by atoms with Crippen molar-refractivity contribution in [3.63, 3.8) is 0 Å². The van der Waals surface area contributed by atoms with Gasteiger partial charge in [-0.15, -0.1) is 0 Å². The molecule has 322 valence electrons. The highest BCUT2D eigenvalue weighted by Crippen LogP contribution is 2.46. The molecule has 5 heteroatoms. The molecule has 0 atom stereocenters. The number of hydrogen-bond donors (Lipinski definition) is 0. The smallest absolute Gasteiger partial charge is 0.164 e.